The molecule has 2 aromatic carbocycles. The second kappa shape index (κ2) is 12.6. The molecule has 4 aromatic rings. The van der Waals surface area contributed by atoms with Gasteiger partial charge in [0.05, 0.1) is 24.5 Å². The maximum absolute atomic E-state index is 15.2. The van der Waals surface area contributed by atoms with Crippen molar-refractivity contribution in [2.24, 2.45) is 0 Å². The van der Waals surface area contributed by atoms with Gasteiger partial charge < -0.3 is 20.4 Å². The van der Waals surface area contributed by atoms with Gasteiger partial charge in [0.2, 0.25) is 17.8 Å². The van der Waals surface area contributed by atoms with Crippen molar-refractivity contribution in [2.75, 3.05) is 17.7 Å². The van der Waals surface area contributed by atoms with Crippen LogP contribution in [0.1, 0.15) is 43.1 Å². The largest absolute Gasteiger partial charge is 0.453 e. The second-order valence-corrected chi connectivity index (χ2v) is 9.74. The number of hydrogen-bond acceptors (Lipinski definition) is 8. The maximum atomic E-state index is 15.2. The number of amides is 3. The molecule has 1 atom stereocenters. The van der Waals surface area contributed by atoms with Crippen LogP contribution in [-0.2, 0) is 14.3 Å². The van der Waals surface area contributed by atoms with Crippen molar-refractivity contribution in [1.82, 2.24) is 35.5 Å². The molecule has 0 saturated heterocycles. The molecule has 42 heavy (non-hydrogen) atoms. The van der Waals surface area contributed by atoms with Gasteiger partial charge in [0.1, 0.15) is 17.8 Å². The van der Waals surface area contributed by atoms with E-state index in [1.54, 1.807) is 24.3 Å². The summed E-state index contributed by atoms with van der Waals surface area (Å²) < 4.78 is 21.3. The zero-order valence-corrected chi connectivity index (χ0v) is 23.0. The van der Waals surface area contributed by atoms with E-state index in [0.29, 0.717) is 46.8 Å². The number of nitrogens with one attached hydrogen (secondary N) is 4. The van der Waals surface area contributed by atoms with Crippen LogP contribution in [0, 0.1) is 5.95 Å². The minimum Gasteiger partial charge on any atom is -0.453 e. The van der Waals surface area contributed by atoms with Crippen LogP contribution in [0.25, 0.3) is 23.0 Å². The number of halogens is 2. The van der Waals surface area contributed by atoms with Crippen molar-refractivity contribution in [1.29, 1.82) is 0 Å². The van der Waals surface area contributed by atoms with E-state index in [0.717, 1.165) is 0 Å². The fourth-order valence-electron chi connectivity index (χ4n) is 4.46. The molecule has 2 bridgehead atoms. The van der Waals surface area contributed by atoms with Gasteiger partial charge in [-0.05, 0) is 65.7 Å². The van der Waals surface area contributed by atoms with Crippen LogP contribution in [0.4, 0.5) is 20.6 Å². The van der Waals surface area contributed by atoms with Crippen LogP contribution >= 0.6 is 11.6 Å². The number of tetrazole rings is 1. The highest BCUT2D eigenvalue weighted by molar-refractivity contribution is 6.30. The van der Waals surface area contributed by atoms with Crippen LogP contribution in [0.15, 0.2) is 48.8 Å². The van der Waals surface area contributed by atoms with Crippen molar-refractivity contribution in [2.45, 2.75) is 31.7 Å². The maximum Gasteiger partial charge on any atom is 0.411 e. The first-order valence-corrected chi connectivity index (χ1v) is 13.2. The number of aromatic nitrogens is 6. The van der Waals surface area contributed by atoms with Gasteiger partial charge in [0.15, 0.2) is 0 Å². The van der Waals surface area contributed by atoms with Crippen molar-refractivity contribution >= 4 is 47.0 Å². The van der Waals surface area contributed by atoms with Crippen molar-refractivity contribution < 1.29 is 23.5 Å². The Labute approximate surface area is 243 Å². The minimum absolute atomic E-state index is 0.0507. The fraction of sp³-hybridized carbons (Fsp3) is 0.222. The first kappa shape index (κ1) is 28.4. The van der Waals surface area contributed by atoms with Gasteiger partial charge in [-0.2, -0.15) is 9.07 Å². The highest BCUT2D eigenvalue weighted by Gasteiger charge is 2.24. The number of carbonyl (C=O) groups is 3. The van der Waals surface area contributed by atoms with E-state index in [1.807, 2.05) is 0 Å². The van der Waals surface area contributed by atoms with E-state index >= 15 is 4.39 Å². The van der Waals surface area contributed by atoms with E-state index in [-0.39, 0.29) is 29.5 Å². The topological polar surface area (TPSA) is 169 Å². The number of methoxy groups -OCH3 is 1. The zero-order valence-electron chi connectivity index (χ0n) is 22.2. The van der Waals surface area contributed by atoms with Crippen molar-refractivity contribution in [3.8, 4) is 16.9 Å². The molecule has 0 fully saturated rings. The van der Waals surface area contributed by atoms with Gasteiger partial charge >= 0.3 is 6.09 Å². The summed E-state index contributed by atoms with van der Waals surface area (Å²) in [5.41, 5.74) is 2.04. The number of rotatable bonds is 5. The molecule has 0 aliphatic carbocycles. The molecule has 1 aliphatic heterocycles. The van der Waals surface area contributed by atoms with E-state index in [4.69, 9.17) is 11.6 Å². The molecule has 3 heterocycles. The van der Waals surface area contributed by atoms with Gasteiger partial charge in [-0.25, -0.2) is 9.78 Å². The average molecular weight is 594 g/mol. The molecule has 0 unspecified atom stereocenters. The monoisotopic (exact) mass is 593 g/mol. The Balaban J connectivity index is 1.42. The summed E-state index contributed by atoms with van der Waals surface area (Å²) in [7, 11) is 1.22. The van der Waals surface area contributed by atoms with Crippen LogP contribution < -0.4 is 16.0 Å². The Morgan fingerprint density at radius 2 is 2.07 bits per heavy atom. The summed E-state index contributed by atoms with van der Waals surface area (Å²) in [5.74, 6) is -1.26. The molecule has 216 valence electrons. The highest BCUT2D eigenvalue weighted by Crippen LogP contribution is 2.33. The highest BCUT2D eigenvalue weighted by atomic mass is 35.5. The van der Waals surface area contributed by atoms with Gasteiger partial charge in [-0.1, -0.05) is 18.0 Å². The summed E-state index contributed by atoms with van der Waals surface area (Å²) in [4.78, 5) is 44.4. The SMILES string of the molecule is COC(=O)Nc1ccc2c(c1)NC(=O)CCCC[C@H](NC(=O)/C=C/c1cc(Cl)ccc1-n1cnnn1)c1nc-2c(F)[nH]1. The molecule has 0 spiro atoms. The lowest BCUT2D eigenvalue weighted by Gasteiger charge is -2.17. The fourth-order valence-corrected chi connectivity index (χ4v) is 4.64. The Morgan fingerprint density at radius 3 is 2.86 bits per heavy atom. The Morgan fingerprint density at radius 1 is 1.21 bits per heavy atom. The Kier molecular flexibility index (Phi) is 8.52. The van der Waals surface area contributed by atoms with Crippen LogP contribution in [0.5, 0.6) is 0 Å². The zero-order chi connectivity index (χ0) is 29.6. The van der Waals surface area contributed by atoms with Crippen LogP contribution in [0.2, 0.25) is 5.02 Å². The molecule has 0 radical (unpaired) electrons. The third kappa shape index (κ3) is 6.61. The summed E-state index contributed by atoms with van der Waals surface area (Å²) in [6.45, 7) is 0. The number of aromatic amines is 1. The predicted octanol–water partition coefficient (Wildman–Crippen LogP) is 4.41. The van der Waals surface area contributed by atoms with Crippen LogP contribution in [-0.4, -0.2) is 55.2 Å². The third-order valence-electron chi connectivity index (χ3n) is 6.45. The molecule has 15 heteroatoms. The quantitative estimate of drug-likeness (QED) is 0.247. The van der Waals surface area contributed by atoms with Crippen molar-refractivity contribution in [3.05, 3.63) is 71.2 Å². The lowest BCUT2D eigenvalue weighted by Crippen LogP contribution is -2.28. The van der Waals surface area contributed by atoms with Crippen LogP contribution in [0.3, 0.4) is 0 Å². The second-order valence-electron chi connectivity index (χ2n) is 9.31. The van der Waals surface area contributed by atoms with Gasteiger partial charge in [0, 0.05) is 34.3 Å². The Hall–Kier alpha value is -5.11. The summed E-state index contributed by atoms with van der Waals surface area (Å²) >= 11 is 6.16. The molecule has 1 aliphatic rings. The number of ether oxygens (including phenoxy) is 1. The number of anilines is 2. The molecular formula is C27H25ClFN9O4. The lowest BCUT2D eigenvalue weighted by atomic mass is 10.1. The molecule has 13 nitrogen and oxygen atoms in total. The third-order valence-corrected chi connectivity index (χ3v) is 6.69. The molecule has 4 N–H and O–H groups in total. The number of carbonyl (C=O) groups excluding carboxylic acids is 3. The summed E-state index contributed by atoms with van der Waals surface area (Å²) in [6.07, 6.45) is 5.29. The number of hydrogen-bond donors (Lipinski definition) is 4. The molecule has 5 rings (SSSR count). The number of H-pyrrole nitrogens is 1. The molecular weight excluding hydrogens is 569 g/mol. The standard InChI is InChI=1S/C27H25ClFN9O4/c1-42-27(41)31-17-8-9-18-20(13-17)33-22(39)5-3-2-4-19(26-34-24(18)25(29)35-26)32-23(40)11-6-15-12-16(28)7-10-21(15)38-14-30-36-37-38/h6-14,19H,2-5H2,1H3,(H,31,41)(H,32,40)(H,33,39)(H,34,35)/b11-6+/t19-/m0/s1. The number of nitrogens with zero attached hydrogens (tertiary/aromatic N) is 5. The minimum atomic E-state index is -0.742. The normalized spacial score (nSPS) is 15.2. The average Bonchev–Trinajstić information content (AvgIpc) is 3.63. The van der Waals surface area contributed by atoms with Gasteiger partial charge in [-0.3, -0.25) is 14.9 Å². The first-order valence-electron chi connectivity index (χ1n) is 12.9. The summed E-state index contributed by atoms with van der Waals surface area (Å²) in [6, 6.07) is 8.95. The number of fused-ring (bicyclic) bond motifs is 4. The number of imidazole rings is 1. The van der Waals surface area contributed by atoms with Gasteiger partial charge in [0.25, 0.3) is 0 Å². The molecule has 2 aromatic heterocycles. The van der Waals surface area contributed by atoms with E-state index in [9.17, 15) is 14.4 Å². The molecule has 0 saturated carbocycles. The first-order chi connectivity index (χ1) is 20.3. The van der Waals surface area contributed by atoms with Crippen molar-refractivity contribution in [3.63, 3.8) is 0 Å². The lowest BCUT2D eigenvalue weighted by molar-refractivity contribution is -0.118. The smallest absolute Gasteiger partial charge is 0.411 e. The predicted molar refractivity (Wildman–Crippen MR) is 151 cm³/mol. The summed E-state index contributed by atoms with van der Waals surface area (Å²) in [5, 5.41) is 19.8. The Bertz CT molecular complexity index is 1660. The van der Waals surface area contributed by atoms with E-state index < -0.39 is 24.0 Å². The number of benzene rings is 2. The van der Waals surface area contributed by atoms with Gasteiger partial charge in [-0.15, -0.1) is 5.10 Å². The molecule has 3 amide bonds. The van der Waals surface area contributed by atoms with E-state index in [2.05, 4.69) is 46.2 Å². The van der Waals surface area contributed by atoms with E-state index in [1.165, 1.54) is 42.4 Å².